The first-order valence-electron chi connectivity index (χ1n) is 6.83. The van der Waals surface area contributed by atoms with Gasteiger partial charge in [-0.25, -0.2) is 0 Å². The topological polar surface area (TPSA) is 64.4 Å². The molecule has 110 valence electrons. The molecule has 0 spiro atoms. The van der Waals surface area contributed by atoms with E-state index >= 15 is 0 Å². The van der Waals surface area contributed by atoms with E-state index in [0.717, 1.165) is 37.2 Å². The minimum atomic E-state index is -0.461. The largest absolute Gasteiger partial charge is 0.384 e. The third-order valence-corrected chi connectivity index (χ3v) is 4.10. The third kappa shape index (κ3) is 3.22. The lowest BCUT2D eigenvalue weighted by Gasteiger charge is -2.19. The Morgan fingerprint density at radius 2 is 2.30 bits per heavy atom. The average Bonchev–Trinajstić information content (AvgIpc) is 2.86. The first-order chi connectivity index (χ1) is 9.52. The van der Waals surface area contributed by atoms with Gasteiger partial charge in [-0.3, -0.25) is 10.1 Å². The fraction of sp³-hybridized carbons (Fsp3) is 0.571. The van der Waals surface area contributed by atoms with Crippen molar-refractivity contribution in [3.8, 4) is 0 Å². The van der Waals surface area contributed by atoms with Crippen LogP contribution in [0.15, 0.2) is 12.1 Å². The Balaban J connectivity index is 2.06. The normalized spacial score (nSPS) is 21.9. The molecular formula is C14H19ClN2O3. The molecule has 5 nitrogen and oxygen atoms in total. The Hall–Kier alpha value is -1.33. The van der Waals surface area contributed by atoms with Gasteiger partial charge in [-0.05, 0) is 31.4 Å². The molecule has 1 saturated heterocycles. The number of hydrogen-bond acceptors (Lipinski definition) is 4. The van der Waals surface area contributed by atoms with Crippen molar-refractivity contribution >= 4 is 23.0 Å². The fourth-order valence-electron chi connectivity index (χ4n) is 2.62. The first kappa shape index (κ1) is 15.1. The molecule has 1 aromatic rings. The van der Waals surface area contributed by atoms with Crippen molar-refractivity contribution in [1.29, 1.82) is 0 Å². The summed E-state index contributed by atoms with van der Waals surface area (Å²) in [6, 6.07) is 3.14. The number of nitro benzene ring substituents is 1. The van der Waals surface area contributed by atoms with Crippen LogP contribution in [-0.2, 0) is 4.74 Å². The second-order valence-electron chi connectivity index (χ2n) is 5.12. The lowest BCUT2D eigenvalue weighted by Crippen LogP contribution is -2.23. The number of nitrogens with zero attached hydrogens (tertiary/aromatic N) is 1. The number of halogens is 1. The van der Waals surface area contributed by atoms with E-state index in [9.17, 15) is 10.1 Å². The zero-order valence-electron chi connectivity index (χ0n) is 11.7. The Bertz CT molecular complexity index is 507. The van der Waals surface area contributed by atoms with Crippen LogP contribution in [0.1, 0.15) is 25.3 Å². The Morgan fingerprint density at radius 3 is 2.95 bits per heavy atom. The Morgan fingerprint density at radius 1 is 1.55 bits per heavy atom. The molecule has 0 saturated carbocycles. The van der Waals surface area contributed by atoms with E-state index in [1.165, 1.54) is 6.07 Å². The smallest absolute Gasteiger partial charge is 0.288 e. The quantitative estimate of drug-likeness (QED) is 0.663. The van der Waals surface area contributed by atoms with Crippen molar-refractivity contribution in [1.82, 2.24) is 0 Å². The summed E-state index contributed by atoms with van der Waals surface area (Å²) in [5.41, 5.74) is 1.63. The predicted molar refractivity (Wildman–Crippen MR) is 79.5 cm³/mol. The predicted octanol–water partition coefficient (Wildman–Crippen LogP) is 3.78. The van der Waals surface area contributed by atoms with Gasteiger partial charge in [0.2, 0.25) is 0 Å². The summed E-state index contributed by atoms with van der Waals surface area (Å²) >= 11 is 5.94. The minimum Gasteiger partial charge on any atom is -0.384 e. The number of ether oxygens (including phenoxy) is 1. The highest BCUT2D eigenvalue weighted by atomic mass is 35.5. The van der Waals surface area contributed by atoms with Gasteiger partial charge >= 0.3 is 0 Å². The number of hydrogen-bond donors (Lipinski definition) is 1. The molecule has 1 aliphatic heterocycles. The van der Waals surface area contributed by atoms with Crippen LogP contribution in [0.25, 0.3) is 0 Å². The van der Waals surface area contributed by atoms with Crippen molar-refractivity contribution < 1.29 is 9.66 Å². The number of nitro groups is 1. The van der Waals surface area contributed by atoms with Gasteiger partial charge in [-0.1, -0.05) is 18.5 Å². The second kappa shape index (κ2) is 6.41. The molecule has 0 radical (unpaired) electrons. The molecule has 1 aliphatic rings. The van der Waals surface area contributed by atoms with Crippen molar-refractivity contribution in [2.45, 2.75) is 32.8 Å². The molecule has 6 heteroatoms. The van der Waals surface area contributed by atoms with E-state index < -0.39 is 4.92 Å². The minimum absolute atomic E-state index is 0.0506. The summed E-state index contributed by atoms with van der Waals surface area (Å²) < 4.78 is 5.65. The standard InChI is InChI=1S/C14H19ClN2O3/c1-3-14-10(4-5-20-14)8-16-12-7-11(15)13(17(18)19)6-9(12)2/h6-7,10,14,16H,3-5,8H2,1-2H3. The van der Waals surface area contributed by atoms with Crippen LogP contribution in [0.3, 0.4) is 0 Å². The zero-order chi connectivity index (χ0) is 14.7. The lowest BCUT2D eigenvalue weighted by molar-refractivity contribution is -0.384. The van der Waals surface area contributed by atoms with Gasteiger partial charge in [0.25, 0.3) is 5.69 Å². The highest BCUT2D eigenvalue weighted by Crippen LogP contribution is 2.31. The maximum atomic E-state index is 10.8. The number of nitrogens with one attached hydrogen (secondary N) is 1. The van der Waals surface area contributed by atoms with Gasteiger partial charge in [0.15, 0.2) is 0 Å². The summed E-state index contributed by atoms with van der Waals surface area (Å²) in [6.07, 6.45) is 2.36. The highest BCUT2D eigenvalue weighted by Gasteiger charge is 2.26. The molecule has 1 aromatic carbocycles. The van der Waals surface area contributed by atoms with Crippen LogP contribution in [0.5, 0.6) is 0 Å². The van der Waals surface area contributed by atoms with Crippen molar-refractivity contribution in [2.24, 2.45) is 5.92 Å². The third-order valence-electron chi connectivity index (χ3n) is 3.79. The zero-order valence-corrected chi connectivity index (χ0v) is 12.4. The highest BCUT2D eigenvalue weighted by molar-refractivity contribution is 6.33. The van der Waals surface area contributed by atoms with Crippen molar-refractivity contribution in [3.05, 3.63) is 32.8 Å². The summed E-state index contributed by atoms with van der Waals surface area (Å²) in [7, 11) is 0. The van der Waals surface area contributed by atoms with Gasteiger partial charge in [0.1, 0.15) is 5.02 Å². The molecule has 0 bridgehead atoms. The first-order valence-corrected chi connectivity index (χ1v) is 7.20. The van der Waals surface area contributed by atoms with Gasteiger partial charge in [0, 0.05) is 30.8 Å². The van der Waals surface area contributed by atoms with Gasteiger partial charge in [-0.2, -0.15) is 0 Å². The van der Waals surface area contributed by atoms with Gasteiger partial charge in [0.05, 0.1) is 11.0 Å². The van der Waals surface area contributed by atoms with Crippen LogP contribution in [-0.4, -0.2) is 24.2 Å². The number of rotatable bonds is 5. The monoisotopic (exact) mass is 298 g/mol. The average molecular weight is 299 g/mol. The molecule has 1 N–H and O–H groups in total. The van der Waals surface area contributed by atoms with Crippen LogP contribution in [0.4, 0.5) is 11.4 Å². The summed E-state index contributed by atoms with van der Waals surface area (Å²) in [4.78, 5) is 10.4. The van der Waals surface area contributed by atoms with E-state index in [4.69, 9.17) is 16.3 Å². The van der Waals surface area contributed by atoms with Crippen LogP contribution < -0.4 is 5.32 Å². The van der Waals surface area contributed by atoms with E-state index in [1.54, 1.807) is 6.07 Å². The Kier molecular flexibility index (Phi) is 4.83. The van der Waals surface area contributed by atoms with Crippen LogP contribution in [0, 0.1) is 23.0 Å². The SMILES string of the molecule is CCC1OCCC1CNc1cc(Cl)c([N+](=O)[O-])cc1C. The molecule has 1 heterocycles. The van der Waals surface area contributed by atoms with E-state index in [0.29, 0.717) is 12.0 Å². The molecule has 2 rings (SSSR count). The second-order valence-corrected chi connectivity index (χ2v) is 5.53. The van der Waals surface area contributed by atoms with Crippen molar-refractivity contribution in [2.75, 3.05) is 18.5 Å². The van der Waals surface area contributed by atoms with Gasteiger partial charge in [-0.15, -0.1) is 0 Å². The molecule has 20 heavy (non-hydrogen) atoms. The summed E-state index contributed by atoms with van der Waals surface area (Å²) in [6.45, 7) is 5.57. The van der Waals surface area contributed by atoms with Crippen LogP contribution in [0.2, 0.25) is 5.02 Å². The summed E-state index contributed by atoms with van der Waals surface area (Å²) in [5, 5.41) is 14.3. The molecule has 1 fully saturated rings. The number of aryl methyl sites for hydroxylation is 1. The molecule has 2 atom stereocenters. The molecule has 0 amide bonds. The molecule has 0 aromatic heterocycles. The summed E-state index contributed by atoms with van der Waals surface area (Å²) in [5.74, 6) is 0.480. The molecular weight excluding hydrogens is 280 g/mol. The van der Waals surface area contributed by atoms with Crippen LogP contribution >= 0.6 is 11.6 Å². The van der Waals surface area contributed by atoms with Crippen molar-refractivity contribution in [3.63, 3.8) is 0 Å². The maximum absolute atomic E-state index is 10.8. The fourth-order valence-corrected chi connectivity index (χ4v) is 2.85. The Labute approximate surface area is 123 Å². The number of benzene rings is 1. The molecule has 0 aliphatic carbocycles. The molecule has 2 unspecified atom stereocenters. The van der Waals surface area contributed by atoms with E-state index in [2.05, 4.69) is 12.2 Å². The van der Waals surface area contributed by atoms with E-state index in [-0.39, 0.29) is 10.7 Å². The maximum Gasteiger partial charge on any atom is 0.288 e. The number of anilines is 1. The van der Waals surface area contributed by atoms with E-state index in [1.807, 2.05) is 6.92 Å². The van der Waals surface area contributed by atoms with Gasteiger partial charge < -0.3 is 10.1 Å². The lowest BCUT2D eigenvalue weighted by atomic mass is 9.99.